The van der Waals surface area contributed by atoms with Crippen LogP contribution in [0.4, 0.5) is 0 Å². The zero-order chi connectivity index (χ0) is 22.3. The average molecular weight is 427 g/mol. The molecule has 0 radical (unpaired) electrons. The number of ether oxygens (including phenoxy) is 2. The maximum atomic E-state index is 12.1. The summed E-state index contributed by atoms with van der Waals surface area (Å²) in [7, 11) is 0. The molecule has 3 aromatic rings. The van der Waals surface area contributed by atoms with E-state index in [4.69, 9.17) is 9.47 Å². The largest absolute Gasteiger partial charge is 0.461 e. The number of pyridine rings is 1. The Balaban J connectivity index is 1.65. The summed E-state index contributed by atoms with van der Waals surface area (Å²) in [6.07, 6.45) is -5.11. The van der Waals surface area contributed by atoms with Gasteiger partial charge in [0.25, 0.3) is 5.56 Å². The fourth-order valence-corrected chi connectivity index (χ4v) is 3.95. The molecule has 0 aliphatic carbocycles. The second-order valence-corrected chi connectivity index (χ2v) is 7.86. The van der Waals surface area contributed by atoms with Gasteiger partial charge in [-0.2, -0.15) is 0 Å². The number of H-pyrrole nitrogens is 1. The van der Waals surface area contributed by atoms with Crippen molar-refractivity contribution < 1.29 is 29.9 Å². The fraction of sp³-hybridized carbons (Fsp3) is 0.348. The van der Waals surface area contributed by atoms with Crippen LogP contribution in [0.5, 0.6) is 5.75 Å². The summed E-state index contributed by atoms with van der Waals surface area (Å²) >= 11 is 0. The number of aryl methyl sites for hydroxylation is 2. The van der Waals surface area contributed by atoms with Gasteiger partial charge < -0.3 is 34.9 Å². The van der Waals surface area contributed by atoms with Crippen molar-refractivity contribution in [2.45, 2.75) is 44.6 Å². The summed E-state index contributed by atoms with van der Waals surface area (Å²) in [5, 5.41) is 41.0. The van der Waals surface area contributed by atoms with Gasteiger partial charge in [-0.1, -0.05) is 12.1 Å². The van der Waals surface area contributed by atoms with Crippen LogP contribution in [0, 0.1) is 13.8 Å². The highest BCUT2D eigenvalue weighted by Gasteiger charge is 2.44. The van der Waals surface area contributed by atoms with Gasteiger partial charge in [0.15, 0.2) is 0 Å². The van der Waals surface area contributed by atoms with Crippen molar-refractivity contribution in [2.24, 2.45) is 0 Å². The third kappa shape index (κ3) is 3.96. The summed E-state index contributed by atoms with van der Waals surface area (Å²) in [5.41, 5.74) is 3.12. The molecule has 8 heteroatoms. The summed E-state index contributed by atoms with van der Waals surface area (Å²) in [6, 6.07) is 11.3. The minimum atomic E-state index is -1.51. The molecule has 0 unspecified atom stereocenters. The lowest BCUT2D eigenvalue weighted by molar-refractivity contribution is -0.277. The number of aromatic amines is 1. The predicted molar refractivity (Wildman–Crippen MR) is 114 cm³/mol. The first-order valence-corrected chi connectivity index (χ1v) is 10.0. The second-order valence-electron chi connectivity index (χ2n) is 7.86. The number of nitrogens with one attached hydrogen (secondary N) is 1. The molecule has 0 amide bonds. The lowest BCUT2D eigenvalue weighted by Crippen LogP contribution is -2.60. The molecule has 5 atom stereocenters. The fourth-order valence-electron chi connectivity index (χ4n) is 3.95. The molecule has 1 aliphatic rings. The first-order chi connectivity index (χ1) is 14.8. The van der Waals surface area contributed by atoms with Gasteiger partial charge in [0.05, 0.1) is 6.61 Å². The first-order valence-electron chi connectivity index (χ1n) is 10.0. The average Bonchev–Trinajstić information content (AvgIpc) is 2.76. The van der Waals surface area contributed by atoms with Crippen LogP contribution in [0.15, 0.2) is 47.4 Å². The molecule has 8 nitrogen and oxygen atoms in total. The van der Waals surface area contributed by atoms with E-state index in [0.29, 0.717) is 11.1 Å². The topological polar surface area (TPSA) is 132 Å². The Bertz CT molecular complexity index is 1130. The Morgan fingerprint density at radius 2 is 1.68 bits per heavy atom. The number of aromatic nitrogens is 1. The van der Waals surface area contributed by atoms with Gasteiger partial charge in [-0.15, -0.1) is 0 Å². The van der Waals surface area contributed by atoms with E-state index < -0.39 is 37.3 Å². The summed E-state index contributed by atoms with van der Waals surface area (Å²) < 4.78 is 11.3. The Kier molecular flexibility index (Phi) is 5.83. The zero-order valence-electron chi connectivity index (χ0n) is 17.1. The van der Waals surface area contributed by atoms with Gasteiger partial charge in [0, 0.05) is 11.6 Å². The normalized spacial score (nSPS) is 26.2. The van der Waals surface area contributed by atoms with Gasteiger partial charge in [-0.25, -0.2) is 0 Å². The molecule has 4 rings (SSSR count). The molecule has 1 fully saturated rings. The molecule has 1 aromatic heterocycles. The van der Waals surface area contributed by atoms with E-state index in [1.165, 1.54) is 0 Å². The van der Waals surface area contributed by atoms with Crippen molar-refractivity contribution in [3.8, 4) is 16.9 Å². The maximum Gasteiger partial charge on any atom is 0.255 e. The minimum absolute atomic E-state index is 0.157. The molecular formula is C23H25NO7. The molecule has 2 heterocycles. The Labute approximate surface area is 178 Å². The third-order valence-electron chi connectivity index (χ3n) is 5.65. The number of fused-ring (bicyclic) bond motifs is 1. The molecule has 0 spiro atoms. The quantitative estimate of drug-likeness (QED) is 0.419. The zero-order valence-corrected chi connectivity index (χ0v) is 17.1. The van der Waals surface area contributed by atoms with E-state index in [9.17, 15) is 25.2 Å². The predicted octanol–water partition coefficient (Wildman–Crippen LogP) is 0.991. The van der Waals surface area contributed by atoms with Crippen LogP contribution in [0.2, 0.25) is 0 Å². The number of hydrogen-bond donors (Lipinski definition) is 5. The van der Waals surface area contributed by atoms with Gasteiger partial charge in [-0.3, -0.25) is 4.79 Å². The van der Waals surface area contributed by atoms with Crippen LogP contribution < -0.4 is 10.3 Å². The lowest BCUT2D eigenvalue weighted by Gasteiger charge is -2.39. The molecule has 164 valence electrons. The van der Waals surface area contributed by atoms with E-state index in [-0.39, 0.29) is 5.56 Å². The highest BCUT2D eigenvalue weighted by atomic mass is 16.7. The van der Waals surface area contributed by atoms with Crippen molar-refractivity contribution in [1.29, 1.82) is 0 Å². The number of hydrogen-bond acceptors (Lipinski definition) is 7. The Morgan fingerprint density at radius 1 is 0.968 bits per heavy atom. The lowest BCUT2D eigenvalue weighted by atomic mass is 9.97. The van der Waals surface area contributed by atoms with Crippen LogP contribution in [-0.4, -0.2) is 62.7 Å². The number of aliphatic hydroxyl groups is 4. The number of aliphatic hydroxyl groups excluding tert-OH is 4. The molecule has 1 saturated heterocycles. The number of rotatable bonds is 4. The Morgan fingerprint density at radius 3 is 2.35 bits per heavy atom. The maximum absolute atomic E-state index is 12.1. The van der Waals surface area contributed by atoms with E-state index >= 15 is 0 Å². The van der Waals surface area contributed by atoms with Crippen molar-refractivity contribution in [1.82, 2.24) is 4.98 Å². The van der Waals surface area contributed by atoms with Crippen molar-refractivity contribution >= 4 is 10.8 Å². The molecule has 5 N–H and O–H groups in total. The van der Waals surface area contributed by atoms with Crippen molar-refractivity contribution in [3.05, 3.63) is 64.1 Å². The molecule has 1 aliphatic heterocycles. The van der Waals surface area contributed by atoms with Crippen LogP contribution in [0.1, 0.15) is 11.1 Å². The highest BCUT2D eigenvalue weighted by Crippen LogP contribution is 2.33. The minimum Gasteiger partial charge on any atom is -0.461 e. The SMILES string of the molecule is Cc1cc(-c2ccc3cc[nH]c(=O)c3c2)cc(C)c1O[C@@H]1O[C@@H](CO)[C@H](O)[C@@H](O)[C@H]1O. The monoisotopic (exact) mass is 427 g/mol. The highest BCUT2D eigenvalue weighted by molar-refractivity contribution is 5.86. The summed E-state index contributed by atoms with van der Waals surface area (Å²) in [4.78, 5) is 14.8. The van der Waals surface area contributed by atoms with Crippen molar-refractivity contribution in [3.63, 3.8) is 0 Å². The molecule has 2 aromatic carbocycles. The van der Waals surface area contributed by atoms with Gasteiger partial charge in [0.2, 0.25) is 6.29 Å². The van der Waals surface area contributed by atoms with Gasteiger partial charge in [0.1, 0.15) is 30.2 Å². The standard InChI is InChI=1S/C23H25NO7/c1-11-7-15(14-4-3-13-5-6-24-22(29)16(13)9-14)8-12(2)21(11)31-23-20(28)19(27)18(26)17(10-25)30-23/h3-9,17-20,23,25-28H,10H2,1-2H3,(H,24,29)/t17-,18-,19+,20+,23-/m0/s1. The van der Waals surface area contributed by atoms with Gasteiger partial charge in [-0.05, 0) is 65.8 Å². The third-order valence-corrected chi connectivity index (χ3v) is 5.65. The van der Waals surface area contributed by atoms with E-state index in [1.807, 2.05) is 50.2 Å². The van der Waals surface area contributed by atoms with Crippen LogP contribution in [0.25, 0.3) is 21.9 Å². The van der Waals surface area contributed by atoms with Crippen LogP contribution in [-0.2, 0) is 4.74 Å². The first kappa shape index (κ1) is 21.5. The molecule has 0 saturated carbocycles. The Hall–Kier alpha value is -2.75. The van der Waals surface area contributed by atoms with Crippen molar-refractivity contribution in [2.75, 3.05) is 6.61 Å². The summed E-state index contributed by atoms with van der Waals surface area (Å²) in [6.45, 7) is 3.15. The second kappa shape index (κ2) is 8.41. The van der Waals surface area contributed by atoms with E-state index in [1.54, 1.807) is 6.20 Å². The molecule has 31 heavy (non-hydrogen) atoms. The molecule has 0 bridgehead atoms. The van der Waals surface area contributed by atoms with E-state index in [2.05, 4.69) is 4.98 Å². The smallest absolute Gasteiger partial charge is 0.255 e. The van der Waals surface area contributed by atoms with Crippen LogP contribution >= 0.6 is 0 Å². The molecular weight excluding hydrogens is 402 g/mol. The van der Waals surface area contributed by atoms with Gasteiger partial charge >= 0.3 is 0 Å². The summed E-state index contributed by atoms with van der Waals surface area (Å²) in [5.74, 6) is 0.465. The van der Waals surface area contributed by atoms with E-state index in [0.717, 1.165) is 27.6 Å². The van der Waals surface area contributed by atoms with Crippen LogP contribution in [0.3, 0.4) is 0 Å². The number of benzene rings is 2.